The lowest BCUT2D eigenvalue weighted by atomic mass is 10.2. The van der Waals surface area contributed by atoms with E-state index in [9.17, 15) is 9.59 Å². The van der Waals surface area contributed by atoms with Gasteiger partial charge in [-0.25, -0.2) is 0 Å². The van der Waals surface area contributed by atoms with Crippen LogP contribution in [-0.4, -0.2) is 32.0 Å². The van der Waals surface area contributed by atoms with Crippen molar-refractivity contribution in [1.29, 1.82) is 0 Å². The molecule has 0 unspecified atom stereocenters. The van der Waals surface area contributed by atoms with Crippen LogP contribution in [-0.2, 0) is 4.79 Å². The maximum absolute atomic E-state index is 12.4. The molecule has 6 heteroatoms. The van der Waals surface area contributed by atoms with Gasteiger partial charge in [0.15, 0.2) is 0 Å². The average molecular weight is 357 g/mol. The van der Waals surface area contributed by atoms with E-state index < -0.39 is 0 Å². The van der Waals surface area contributed by atoms with Crippen LogP contribution in [0.1, 0.15) is 28.1 Å². The fourth-order valence-electron chi connectivity index (χ4n) is 2.57. The topological polar surface area (TPSA) is 61.4 Å². The van der Waals surface area contributed by atoms with E-state index in [2.05, 4.69) is 15.5 Å². The minimum atomic E-state index is -0.0871. The van der Waals surface area contributed by atoms with E-state index >= 15 is 0 Å². The highest BCUT2D eigenvalue weighted by Gasteiger charge is 2.30. The number of carbonyl (C=O) groups is 2. The second kappa shape index (κ2) is 7.70. The summed E-state index contributed by atoms with van der Waals surface area (Å²) in [4.78, 5) is 27.0. The van der Waals surface area contributed by atoms with Crippen LogP contribution in [0.15, 0.2) is 36.4 Å². The molecular formula is C19H23N3O2S. The summed E-state index contributed by atoms with van der Waals surface area (Å²) in [5, 5.41) is 6.62. The number of likely N-dealkylation sites (N-methyl/N-ethyl adjacent to an activating group) is 1. The molecule has 0 saturated heterocycles. The normalized spacial score (nSPS) is 13.4. The third-order valence-electron chi connectivity index (χ3n) is 4.25. The summed E-state index contributed by atoms with van der Waals surface area (Å²) in [7, 11) is 2.00. The van der Waals surface area contributed by atoms with Gasteiger partial charge in [0.05, 0.1) is 9.88 Å². The maximum Gasteiger partial charge on any atom is 0.261 e. The van der Waals surface area contributed by atoms with E-state index in [1.165, 1.54) is 11.3 Å². The summed E-state index contributed by atoms with van der Waals surface area (Å²) in [5.74, 6) is 0.141. The molecule has 0 spiro atoms. The largest absolute Gasteiger partial charge is 0.373 e. The molecule has 1 fully saturated rings. The number of hydrogen-bond acceptors (Lipinski definition) is 4. The van der Waals surface area contributed by atoms with Crippen molar-refractivity contribution in [3.63, 3.8) is 0 Å². The molecule has 1 aromatic carbocycles. The molecular weight excluding hydrogens is 334 g/mol. The smallest absolute Gasteiger partial charge is 0.261 e. The number of rotatable bonds is 7. The van der Waals surface area contributed by atoms with E-state index in [0.29, 0.717) is 11.4 Å². The Labute approximate surface area is 152 Å². The third kappa shape index (κ3) is 4.60. The Morgan fingerprint density at radius 1 is 1.24 bits per heavy atom. The van der Waals surface area contributed by atoms with Crippen LogP contribution >= 0.6 is 11.3 Å². The number of benzene rings is 1. The molecule has 132 valence electrons. The number of hydrogen-bond donors (Lipinski definition) is 2. The van der Waals surface area contributed by atoms with Crippen molar-refractivity contribution >= 4 is 33.8 Å². The monoisotopic (exact) mass is 357 g/mol. The van der Waals surface area contributed by atoms with Crippen LogP contribution in [0.5, 0.6) is 0 Å². The predicted molar refractivity (Wildman–Crippen MR) is 102 cm³/mol. The Kier molecular flexibility index (Phi) is 5.38. The lowest BCUT2D eigenvalue weighted by Crippen LogP contribution is -2.32. The van der Waals surface area contributed by atoms with Crippen LogP contribution < -0.4 is 15.5 Å². The number of thiophene rings is 1. The zero-order valence-corrected chi connectivity index (χ0v) is 15.4. The minimum absolute atomic E-state index is 0.0673. The van der Waals surface area contributed by atoms with Gasteiger partial charge in [0.1, 0.15) is 0 Å². The molecule has 1 aliphatic rings. The fourth-order valence-corrected chi connectivity index (χ4v) is 3.56. The molecule has 3 rings (SSSR count). The van der Waals surface area contributed by atoms with Crippen molar-refractivity contribution < 1.29 is 9.59 Å². The van der Waals surface area contributed by atoms with Crippen LogP contribution in [0.2, 0.25) is 0 Å². The number of aryl methyl sites for hydroxylation is 1. The van der Waals surface area contributed by atoms with Gasteiger partial charge in [-0.15, -0.1) is 11.3 Å². The van der Waals surface area contributed by atoms with Gasteiger partial charge >= 0.3 is 0 Å². The quantitative estimate of drug-likeness (QED) is 0.799. The first kappa shape index (κ1) is 17.5. The van der Waals surface area contributed by atoms with Gasteiger partial charge in [0, 0.05) is 31.7 Å². The lowest BCUT2D eigenvalue weighted by molar-refractivity contribution is -0.117. The van der Waals surface area contributed by atoms with Gasteiger partial charge in [-0.2, -0.15) is 0 Å². The van der Waals surface area contributed by atoms with Crippen molar-refractivity contribution in [3.8, 4) is 0 Å². The summed E-state index contributed by atoms with van der Waals surface area (Å²) in [6.07, 6.45) is 1.94. The molecule has 0 radical (unpaired) electrons. The lowest BCUT2D eigenvalue weighted by Gasteiger charge is -2.19. The fraction of sp³-hybridized carbons (Fsp3) is 0.368. The molecule has 1 aliphatic carbocycles. The van der Waals surface area contributed by atoms with Crippen molar-refractivity contribution in [2.45, 2.75) is 19.8 Å². The Hall–Kier alpha value is -2.34. The van der Waals surface area contributed by atoms with Gasteiger partial charge in [0.2, 0.25) is 5.91 Å². The van der Waals surface area contributed by atoms with E-state index in [1.54, 1.807) is 0 Å². The molecule has 2 N–H and O–H groups in total. The number of carbonyl (C=O) groups excluding carboxylic acids is 2. The standard InChI is InChI=1S/C19H23N3O2S/c1-13-12-16(21-18(23)14-8-9-14)25-17(13)19(24)20-10-11-22(2)15-6-4-3-5-7-15/h3-7,12,14H,8-11H2,1-2H3,(H,20,24)(H,21,23). The SMILES string of the molecule is Cc1cc(NC(=O)C2CC2)sc1C(=O)NCCN(C)c1ccccc1. The average Bonchev–Trinajstić information content (AvgIpc) is 3.39. The first-order valence-electron chi connectivity index (χ1n) is 8.50. The van der Waals surface area contributed by atoms with Crippen LogP contribution in [0, 0.1) is 12.8 Å². The van der Waals surface area contributed by atoms with Crippen LogP contribution in [0.3, 0.4) is 0 Å². The molecule has 1 heterocycles. The summed E-state index contributed by atoms with van der Waals surface area (Å²) < 4.78 is 0. The van der Waals surface area contributed by atoms with Gasteiger partial charge in [-0.3, -0.25) is 9.59 Å². The van der Waals surface area contributed by atoms with E-state index in [0.717, 1.165) is 35.6 Å². The minimum Gasteiger partial charge on any atom is -0.373 e. The maximum atomic E-state index is 12.4. The highest BCUT2D eigenvalue weighted by atomic mass is 32.1. The van der Waals surface area contributed by atoms with E-state index in [4.69, 9.17) is 0 Å². The Balaban J connectivity index is 1.51. The van der Waals surface area contributed by atoms with E-state index in [-0.39, 0.29) is 17.7 Å². The first-order valence-corrected chi connectivity index (χ1v) is 9.32. The van der Waals surface area contributed by atoms with Crippen molar-refractivity contribution in [3.05, 3.63) is 46.8 Å². The predicted octanol–water partition coefficient (Wildman–Crippen LogP) is 3.27. The first-order chi connectivity index (χ1) is 12.0. The summed E-state index contributed by atoms with van der Waals surface area (Å²) in [6.45, 7) is 3.19. The third-order valence-corrected chi connectivity index (χ3v) is 5.40. The number of nitrogens with zero attached hydrogens (tertiary/aromatic N) is 1. The molecule has 25 heavy (non-hydrogen) atoms. The van der Waals surface area contributed by atoms with Crippen molar-refractivity contribution in [1.82, 2.24) is 5.32 Å². The second-order valence-corrected chi connectivity index (χ2v) is 7.45. The van der Waals surface area contributed by atoms with E-state index in [1.807, 2.05) is 50.4 Å². The van der Waals surface area contributed by atoms with Gasteiger partial charge in [-0.05, 0) is 43.5 Å². The van der Waals surface area contributed by atoms with Crippen LogP contribution in [0.4, 0.5) is 10.7 Å². The zero-order chi connectivity index (χ0) is 17.8. The molecule has 1 saturated carbocycles. The molecule has 2 aromatic rings. The molecule has 2 amide bonds. The molecule has 0 aliphatic heterocycles. The summed E-state index contributed by atoms with van der Waals surface area (Å²) in [6, 6.07) is 11.9. The Bertz CT molecular complexity index is 753. The van der Waals surface area contributed by atoms with Crippen molar-refractivity contribution in [2.75, 3.05) is 30.4 Å². The highest BCUT2D eigenvalue weighted by Crippen LogP contribution is 2.32. The number of anilines is 2. The zero-order valence-electron chi connectivity index (χ0n) is 14.5. The molecule has 0 bridgehead atoms. The van der Waals surface area contributed by atoms with Gasteiger partial charge in [-0.1, -0.05) is 18.2 Å². The van der Waals surface area contributed by atoms with Crippen molar-refractivity contribution in [2.24, 2.45) is 5.92 Å². The summed E-state index contributed by atoms with van der Waals surface area (Å²) in [5.41, 5.74) is 2.01. The molecule has 0 atom stereocenters. The molecule has 5 nitrogen and oxygen atoms in total. The Morgan fingerprint density at radius 2 is 1.96 bits per heavy atom. The highest BCUT2D eigenvalue weighted by molar-refractivity contribution is 7.18. The Morgan fingerprint density at radius 3 is 2.64 bits per heavy atom. The van der Waals surface area contributed by atoms with Gasteiger partial charge < -0.3 is 15.5 Å². The molecule has 1 aromatic heterocycles. The number of para-hydroxylation sites is 1. The van der Waals surface area contributed by atoms with Crippen LogP contribution in [0.25, 0.3) is 0 Å². The second-order valence-electron chi connectivity index (χ2n) is 6.40. The summed E-state index contributed by atoms with van der Waals surface area (Å²) >= 11 is 1.34. The number of amides is 2. The van der Waals surface area contributed by atoms with Gasteiger partial charge in [0.25, 0.3) is 5.91 Å². The number of nitrogens with one attached hydrogen (secondary N) is 2.